The third kappa shape index (κ3) is 3.25. The Morgan fingerprint density at radius 2 is 2.24 bits per heavy atom. The molecular formula is C16H20N2O3. The van der Waals surface area contributed by atoms with Gasteiger partial charge in [-0.25, -0.2) is 4.98 Å². The van der Waals surface area contributed by atoms with Crippen LogP contribution in [-0.2, 0) is 4.74 Å². The largest absolute Gasteiger partial charge is 0.497 e. The number of rotatable bonds is 4. The molecule has 1 aromatic heterocycles. The Morgan fingerprint density at radius 3 is 3.05 bits per heavy atom. The molecule has 2 unspecified atom stereocenters. The van der Waals surface area contributed by atoms with Gasteiger partial charge in [-0.15, -0.1) is 0 Å². The number of fused-ring (bicyclic) bond motifs is 1. The number of ether oxygens (including phenoxy) is 3. The van der Waals surface area contributed by atoms with E-state index in [9.17, 15) is 0 Å². The number of morpholine rings is 1. The van der Waals surface area contributed by atoms with Gasteiger partial charge >= 0.3 is 0 Å². The van der Waals surface area contributed by atoms with Crippen LogP contribution in [0.15, 0.2) is 30.5 Å². The van der Waals surface area contributed by atoms with Crippen LogP contribution in [0.25, 0.3) is 10.8 Å². The lowest BCUT2D eigenvalue weighted by atomic mass is 10.1. The quantitative estimate of drug-likeness (QED) is 0.932. The maximum absolute atomic E-state index is 5.86. The number of nitrogens with one attached hydrogen (secondary N) is 1. The van der Waals surface area contributed by atoms with Gasteiger partial charge in [0.2, 0.25) is 5.88 Å². The SMILES string of the molecule is COc1ccc2c(OCC3CNCC(C)O3)nccc2c1. The number of nitrogens with zero attached hydrogens (tertiary/aromatic N) is 1. The molecule has 21 heavy (non-hydrogen) atoms. The molecule has 1 fully saturated rings. The summed E-state index contributed by atoms with van der Waals surface area (Å²) in [6, 6.07) is 7.81. The van der Waals surface area contributed by atoms with Crippen molar-refractivity contribution in [3.63, 3.8) is 0 Å². The van der Waals surface area contributed by atoms with E-state index in [1.807, 2.05) is 24.3 Å². The van der Waals surface area contributed by atoms with Crippen molar-refractivity contribution in [3.8, 4) is 11.6 Å². The van der Waals surface area contributed by atoms with E-state index in [-0.39, 0.29) is 12.2 Å². The molecule has 0 radical (unpaired) electrons. The minimum Gasteiger partial charge on any atom is -0.497 e. The number of methoxy groups -OCH3 is 1. The van der Waals surface area contributed by atoms with Crippen molar-refractivity contribution >= 4 is 10.8 Å². The first kappa shape index (κ1) is 14.1. The number of pyridine rings is 1. The highest BCUT2D eigenvalue weighted by Crippen LogP contribution is 2.26. The Labute approximate surface area is 124 Å². The predicted molar refractivity (Wildman–Crippen MR) is 81.0 cm³/mol. The second-order valence-corrected chi connectivity index (χ2v) is 5.24. The second kappa shape index (κ2) is 6.28. The van der Waals surface area contributed by atoms with E-state index in [2.05, 4.69) is 17.2 Å². The Balaban J connectivity index is 1.74. The molecule has 2 aromatic rings. The highest BCUT2D eigenvalue weighted by atomic mass is 16.5. The molecule has 0 amide bonds. The number of aromatic nitrogens is 1. The molecule has 0 bridgehead atoms. The van der Waals surface area contributed by atoms with Crippen molar-refractivity contribution in [1.29, 1.82) is 0 Å². The zero-order chi connectivity index (χ0) is 14.7. The average molecular weight is 288 g/mol. The smallest absolute Gasteiger partial charge is 0.221 e. The number of hydrogen-bond acceptors (Lipinski definition) is 5. The minimum absolute atomic E-state index is 0.0593. The molecule has 3 rings (SSSR count). The fraction of sp³-hybridized carbons (Fsp3) is 0.438. The Hall–Kier alpha value is -1.85. The van der Waals surface area contributed by atoms with Crippen LogP contribution in [0.4, 0.5) is 0 Å². The van der Waals surface area contributed by atoms with Crippen molar-refractivity contribution in [2.24, 2.45) is 0 Å². The van der Waals surface area contributed by atoms with Gasteiger partial charge in [-0.1, -0.05) is 0 Å². The van der Waals surface area contributed by atoms with Gasteiger partial charge in [0.25, 0.3) is 0 Å². The topological polar surface area (TPSA) is 52.6 Å². The van der Waals surface area contributed by atoms with Crippen molar-refractivity contribution in [3.05, 3.63) is 30.5 Å². The zero-order valence-corrected chi connectivity index (χ0v) is 12.3. The van der Waals surface area contributed by atoms with E-state index in [4.69, 9.17) is 14.2 Å². The van der Waals surface area contributed by atoms with E-state index in [0.29, 0.717) is 12.5 Å². The molecule has 2 heterocycles. The van der Waals surface area contributed by atoms with Gasteiger partial charge in [0.15, 0.2) is 0 Å². The molecule has 0 aliphatic carbocycles. The third-order valence-electron chi connectivity index (χ3n) is 3.57. The molecule has 1 aliphatic rings. The molecule has 1 aromatic carbocycles. The first-order chi connectivity index (χ1) is 10.3. The summed E-state index contributed by atoms with van der Waals surface area (Å²) in [5, 5.41) is 5.36. The maximum atomic E-state index is 5.86. The van der Waals surface area contributed by atoms with Crippen LogP contribution in [0.1, 0.15) is 6.92 Å². The second-order valence-electron chi connectivity index (χ2n) is 5.24. The minimum atomic E-state index is 0.0593. The van der Waals surface area contributed by atoms with Gasteiger partial charge in [-0.3, -0.25) is 0 Å². The first-order valence-electron chi connectivity index (χ1n) is 7.18. The molecule has 2 atom stereocenters. The van der Waals surface area contributed by atoms with E-state index < -0.39 is 0 Å². The van der Waals surface area contributed by atoms with Crippen LogP contribution in [0.3, 0.4) is 0 Å². The summed E-state index contributed by atoms with van der Waals surface area (Å²) in [4.78, 5) is 4.33. The number of hydrogen-bond donors (Lipinski definition) is 1. The molecule has 112 valence electrons. The van der Waals surface area contributed by atoms with E-state index >= 15 is 0 Å². The van der Waals surface area contributed by atoms with E-state index in [0.717, 1.165) is 29.6 Å². The molecule has 1 aliphatic heterocycles. The molecule has 0 spiro atoms. The summed E-state index contributed by atoms with van der Waals surface area (Å²) < 4.78 is 16.9. The lowest BCUT2D eigenvalue weighted by Crippen LogP contribution is -2.45. The summed E-state index contributed by atoms with van der Waals surface area (Å²) in [7, 11) is 1.66. The summed E-state index contributed by atoms with van der Waals surface area (Å²) in [5.74, 6) is 1.46. The molecule has 0 saturated carbocycles. The lowest BCUT2D eigenvalue weighted by molar-refractivity contribution is -0.0474. The predicted octanol–water partition coefficient (Wildman–Crippen LogP) is 2.00. The van der Waals surface area contributed by atoms with Crippen LogP contribution < -0.4 is 14.8 Å². The zero-order valence-electron chi connectivity index (χ0n) is 12.3. The Morgan fingerprint density at radius 1 is 1.33 bits per heavy atom. The van der Waals surface area contributed by atoms with Gasteiger partial charge in [-0.2, -0.15) is 0 Å². The fourth-order valence-corrected chi connectivity index (χ4v) is 2.51. The Kier molecular flexibility index (Phi) is 4.22. The fourth-order valence-electron chi connectivity index (χ4n) is 2.51. The van der Waals surface area contributed by atoms with Crippen molar-refractivity contribution in [1.82, 2.24) is 10.3 Å². The van der Waals surface area contributed by atoms with Crippen molar-refractivity contribution in [2.75, 3.05) is 26.8 Å². The number of benzene rings is 1. The standard InChI is InChI=1S/C16H20N2O3/c1-11-8-17-9-14(21-11)10-20-16-15-4-3-13(19-2)7-12(15)5-6-18-16/h3-7,11,14,17H,8-10H2,1-2H3. The Bertz CT molecular complexity index is 617. The molecular weight excluding hydrogens is 268 g/mol. The van der Waals surface area contributed by atoms with Gasteiger partial charge < -0.3 is 19.5 Å². The maximum Gasteiger partial charge on any atom is 0.221 e. The molecule has 1 N–H and O–H groups in total. The van der Waals surface area contributed by atoms with Gasteiger partial charge in [-0.05, 0) is 36.6 Å². The van der Waals surface area contributed by atoms with Crippen molar-refractivity contribution < 1.29 is 14.2 Å². The van der Waals surface area contributed by atoms with Crippen LogP contribution >= 0.6 is 0 Å². The van der Waals surface area contributed by atoms with Crippen LogP contribution in [0.2, 0.25) is 0 Å². The van der Waals surface area contributed by atoms with E-state index in [1.165, 1.54) is 0 Å². The molecule has 1 saturated heterocycles. The normalized spacial score (nSPS) is 22.2. The molecule has 5 nitrogen and oxygen atoms in total. The highest BCUT2D eigenvalue weighted by Gasteiger charge is 2.19. The monoisotopic (exact) mass is 288 g/mol. The van der Waals surface area contributed by atoms with Crippen LogP contribution in [0, 0.1) is 0 Å². The average Bonchev–Trinajstić information content (AvgIpc) is 2.52. The molecule has 5 heteroatoms. The summed E-state index contributed by atoms with van der Waals surface area (Å²) in [5.41, 5.74) is 0. The first-order valence-corrected chi connectivity index (χ1v) is 7.18. The summed E-state index contributed by atoms with van der Waals surface area (Å²) in [6.07, 6.45) is 2.03. The summed E-state index contributed by atoms with van der Waals surface area (Å²) >= 11 is 0. The van der Waals surface area contributed by atoms with Gasteiger partial charge in [0.1, 0.15) is 18.5 Å². The van der Waals surface area contributed by atoms with Crippen LogP contribution in [-0.4, -0.2) is 44.0 Å². The van der Waals surface area contributed by atoms with Gasteiger partial charge in [0.05, 0.1) is 13.2 Å². The van der Waals surface area contributed by atoms with Crippen LogP contribution in [0.5, 0.6) is 11.6 Å². The van der Waals surface area contributed by atoms with Gasteiger partial charge in [0, 0.05) is 24.7 Å². The highest BCUT2D eigenvalue weighted by molar-refractivity contribution is 5.87. The lowest BCUT2D eigenvalue weighted by Gasteiger charge is -2.28. The van der Waals surface area contributed by atoms with Crippen molar-refractivity contribution in [2.45, 2.75) is 19.1 Å². The van der Waals surface area contributed by atoms with E-state index in [1.54, 1.807) is 13.3 Å². The third-order valence-corrected chi connectivity index (χ3v) is 3.57. The summed E-state index contributed by atoms with van der Waals surface area (Å²) in [6.45, 7) is 4.25.